The van der Waals surface area contributed by atoms with Gasteiger partial charge in [0.15, 0.2) is 0 Å². The van der Waals surface area contributed by atoms with E-state index < -0.39 is 17.6 Å². The molecule has 1 heterocycles. The molecule has 1 aromatic rings. The molecule has 1 unspecified atom stereocenters. The van der Waals surface area contributed by atoms with Crippen LogP contribution in [0.15, 0.2) is 18.2 Å². The molecule has 0 aliphatic carbocycles. The van der Waals surface area contributed by atoms with Crippen molar-refractivity contribution in [3.8, 4) is 0 Å². The van der Waals surface area contributed by atoms with Gasteiger partial charge < -0.3 is 5.32 Å². The van der Waals surface area contributed by atoms with Crippen LogP contribution in [0.25, 0.3) is 0 Å². The highest BCUT2D eigenvalue weighted by Gasteiger charge is 2.31. The summed E-state index contributed by atoms with van der Waals surface area (Å²) >= 11 is 0. The van der Waals surface area contributed by atoms with Crippen molar-refractivity contribution in [1.82, 2.24) is 10.2 Å². The van der Waals surface area contributed by atoms with Crippen molar-refractivity contribution in [2.75, 3.05) is 13.1 Å². The Bertz CT molecular complexity index is 574. The Morgan fingerprint density at radius 3 is 2.75 bits per heavy atom. The molecule has 3 nitrogen and oxygen atoms in total. The molecular weight excluding hydrogens is 324 g/mol. The molecule has 1 aromatic carbocycles. The summed E-state index contributed by atoms with van der Waals surface area (Å²) in [5.41, 5.74) is -0.762. The van der Waals surface area contributed by atoms with Crippen molar-refractivity contribution in [3.63, 3.8) is 0 Å². The van der Waals surface area contributed by atoms with Crippen LogP contribution < -0.4 is 5.32 Å². The first-order valence-electron chi connectivity index (χ1n) is 8.11. The molecule has 1 amide bonds. The second-order valence-electron chi connectivity index (χ2n) is 6.20. The molecule has 0 saturated carbocycles. The predicted molar refractivity (Wildman–Crippen MR) is 82.8 cm³/mol. The number of rotatable bonds is 5. The predicted octanol–water partition coefficient (Wildman–Crippen LogP) is 3.73. The van der Waals surface area contributed by atoms with Crippen molar-refractivity contribution in [1.29, 1.82) is 0 Å². The zero-order chi connectivity index (χ0) is 17.7. The van der Waals surface area contributed by atoms with E-state index in [1.807, 2.05) is 4.90 Å². The standard InChI is InChI=1S/C17H22F4N2O/c1-12(24)22-8-7-15-4-2-3-9-23(15)11-13-10-14(17(19,20)21)5-6-16(13)18/h5-6,10,15H,2-4,7-9,11H2,1H3,(H,22,24). The van der Waals surface area contributed by atoms with Crippen LogP contribution in [0.5, 0.6) is 0 Å². The third kappa shape index (κ3) is 5.19. The molecule has 1 fully saturated rings. The van der Waals surface area contributed by atoms with Gasteiger partial charge in [0.2, 0.25) is 5.91 Å². The van der Waals surface area contributed by atoms with Gasteiger partial charge in [-0.05, 0) is 44.0 Å². The second kappa shape index (κ2) is 7.96. The van der Waals surface area contributed by atoms with E-state index in [1.165, 1.54) is 6.92 Å². The molecule has 1 saturated heterocycles. The number of likely N-dealkylation sites (tertiary alicyclic amines) is 1. The first-order valence-corrected chi connectivity index (χ1v) is 8.11. The monoisotopic (exact) mass is 346 g/mol. The molecule has 0 radical (unpaired) electrons. The molecule has 0 spiro atoms. The van der Waals surface area contributed by atoms with Crippen LogP contribution in [0.4, 0.5) is 17.6 Å². The van der Waals surface area contributed by atoms with E-state index in [4.69, 9.17) is 0 Å². The highest BCUT2D eigenvalue weighted by molar-refractivity contribution is 5.72. The maximum absolute atomic E-state index is 13.9. The molecule has 1 N–H and O–H groups in total. The molecule has 134 valence electrons. The van der Waals surface area contributed by atoms with Crippen LogP contribution >= 0.6 is 0 Å². The van der Waals surface area contributed by atoms with Crippen molar-refractivity contribution in [2.45, 2.75) is 51.4 Å². The van der Waals surface area contributed by atoms with Gasteiger partial charge in [-0.2, -0.15) is 13.2 Å². The van der Waals surface area contributed by atoms with E-state index in [0.29, 0.717) is 13.0 Å². The highest BCUT2D eigenvalue weighted by Crippen LogP contribution is 2.31. The number of hydrogen-bond acceptors (Lipinski definition) is 2. The number of carbonyl (C=O) groups is 1. The molecule has 1 aliphatic heterocycles. The number of benzene rings is 1. The van der Waals surface area contributed by atoms with Gasteiger partial charge in [-0.1, -0.05) is 6.42 Å². The zero-order valence-electron chi connectivity index (χ0n) is 13.6. The lowest BCUT2D eigenvalue weighted by Crippen LogP contribution is -2.41. The third-order valence-corrected chi connectivity index (χ3v) is 4.35. The molecule has 1 atom stereocenters. The highest BCUT2D eigenvalue weighted by atomic mass is 19.4. The Labute approximate surface area is 139 Å². The molecular formula is C17H22F4N2O. The Morgan fingerprint density at radius 1 is 1.33 bits per heavy atom. The molecule has 1 aliphatic rings. The van der Waals surface area contributed by atoms with Crippen LogP contribution in [0.2, 0.25) is 0 Å². The Morgan fingerprint density at radius 2 is 2.08 bits per heavy atom. The first-order chi connectivity index (χ1) is 11.3. The minimum atomic E-state index is -4.48. The van der Waals surface area contributed by atoms with E-state index >= 15 is 0 Å². The number of hydrogen-bond donors (Lipinski definition) is 1. The Balaban J connectivity index is 2.07. The summed E-state index contributed by atoms with van der Waals surface area (Å²) in [6, 6.07) is 2.69. The van der Waals surface area contributed by atoms with E-state index in [0.717, 1.165) is 44.0 Å². The maximum atomic E-state index is 13.9. The molecule has 7 heteroatoms. The fraction of sp³-hybridized carbons (Fsp3) is 0.588. The number of nitrogens with zero attached hydrogens (tertiary/aromatic N) is 1. The summed E-state index contributed by atoms with van der Waals surface area (Å²) in [5.74, 6) is -0.726. The Kier molecular flexibility index (Phi) is 6.21. The van der Waals surface area contributed by atoms with Crippen molar-refractivity contribution in [2.24, 2.45) is 0 Å². The molecule has 2 rings (SSSR count). The van der Waals surface area contributed by atoms with Crippen molar-refractivity contribution in [3.05, 3.63) is 35.1 Å². The van der Waals surface area contributed by atoms with E-state index in [9.17, 15) is 22.4 Å². The SMILES string of the molecule is CC(=O)NCCC1CCCCN1Cc1cc(C(F)(F)F)ccc1F. The molecule has 24 heavy (non-hydrogen) atoms. The summed E-state index contributed by atoms with van der Waals surface area (Å²) in [6.07, 6.45) is -0.890. The summed E-state index contributed by atoms with van der Waals surface area (Å²) in [4.78, 5) is 13.0. The zero-order valence-corrected chi connectivity index (χ0v) is 13.6. The molecule has 0 aromatic heterocycles. The van der Waals surface area contributed by atoms with E-state index in [1.54, 1.807) is 0 Å². The minimum absolute atomic E-state index is 0.0660. The van der Waals surface area contributed by atoms with Gasteiger partial charge in [-0.25, -0.2) is 4.39 Å². The number of piperidine rings is 1. The van der Waals surface area contributed by atoms with E-state index in [-0.39, 0.29) is 24.1 Å². The average molecular weight is 346 g/mol. The number of halogens is 4. The largest absolute Gasteiger partial charge is 0.416 e. The van der Waals surface area contributed by atoms with Gasteiger partial charge in [0.25, 0.3) is 0 Å². The van der Waals surface area contributed by atoms with Crippen LogP contribution in [-0.4, -0.2) is 29.9 Å². The quantitative estimate of drug-likeness (QED) is 0.824. The minimum Gasteiger partial charge on any atom is -0.356 e. The van der Waals surface area contributed by atoms with Crippen LogP contribution in [-0.2, 0) is 17.5 Å². The fourth-order valence-corrected chi connectivity index (χ4v) is 3.10. The van der Waals surface area contributed by atoms with E-state index in [2.05, 4.69) is 5.32 Å². The van der Waals surface area contributed by atoms with Crippen LogP contribution in [0, 0.1) is 5.82 Å². The van der Waals surface area contributed by atoms with Gasteiger partial charge in [-0.3, -0.25) is 9.69 Å². The molecule has 0 bridgehead atoms. The van der Waals surface area contributed by atoms with Crippen LogP contribution in [0.3, 0.4) is 0 Å². The normalized spacial score (nSPS) is 19.3. The average Bonchev–Trinajstić information content (AvgIpc) is 2.49. The summed E-state index contributed by atoms with van der Waals surface area (Å²) < 4.78 is 52.4. The van der Waals surface area contributed by atoms with Gasteiger partial charge in [0.05, 0.1) is 5.56 Å². The maximum Gasteiger partial charge on any atom is 0.416 e. The van der Waals surface area contributed by atoms with Gasteiger partial charge in [0.1, 0.15) is 5.82 Å². The summed E-state index contributed by atoms with van der Waals surface area (Å²) in [5, 5.41) is 2.73. The Hall–Kier alpha value is -1.63. The van der Waals surface area contributed by atoms with Gasteiger partial charge in [-0.15, -0.1) is 0 Å². The number of alkyl halides is 3. The number of carbonyl (C=O) groups excluding carboxylic acids is 1. The first kappa shape index (κ1) is 18.7. The summed E-state index contributed by atoms with van der Waals surface area (Å²) in [7, 11) is 0. The lowest BCUT2D eigenvalue weighted by Gasteiger charge is -2.36. The van der Waals surface area contributed by atoms with Crippen molar-refractivity contribution >= 4 is 5.91 Å². The topological polar surface area (TPSA) is 32.3 Å². The lowest BCUT2D eigenvalue weighted by atomic mass is 9.98. The lowest BCUT2D eigenvalue weighted by molar-refractivity contribution is -0.137. The van der Waals surface area contributed by atoms with Crippen LogP contribution in [0.1, 0.15) is 43.7 Å². The third-order valence-electron chi connectivity index (χ3n) is 4.35. The number of nitrogens with one attached hydrogen (secondary N) is 1. The smallest absolute Gasteiger partial charge is 0.356 e. The van der Waals surface area contributed by atoms with Crippen molar-refractivity contribution < 1.29 is 22.4 Å². The van der Waals surface area contributed by atoms with Gasteiger partial charge in [0, 0.05) is 31.6 Å². The fourth-order valence-electron chi connectivity index (χ4n) is 3.10. The summed E-state index contributed by atoms with van der Waals surface area (Å²) in [6.45, 7) is 2.83. The second-order valence-corrected chi connectivity index (χ2v) is 6.20. The number of amides is 1. The van der Waals surface area contributed by atoms with Gasteiger partial charge >= 0.3 is 6.18 Å².